The van der Waals surface area contributed by atoms with Crippen LogP contribution in [0.4, 0.5) is 10.1 Å². The zero-order chi connectivity index (χ0) is 15.5. The molecular formula is C10H14FN3O5S. The van der Waals surface area contributed by atoms with E-state index in [1.165, 1.54) is 6.92 Å². The van der Waals surface area contributed by atoms with Gasteiger partial charge in [-0.25, -0.2) is 17.5 Å². The molecule has 0 bridgehead atoms. The number of nitro benzene ring substituents is 1. The first-order valence-electron chi connectivity index (χ1n) is 5.52. The highest BCUT2D eigenvalue weighted by molar-refractivity contribution is 7.89. The van der Waals surface area contributed by atoms with Crippen molar-refractivity contribution in [3.8, 4) is 0 Å². The van der Waals surface area contributed by atoms with E-state index in [0.29, 0.717) is 6.07 Å². The van der Waals surface area contributed by atoms with E-state index < -0.39 is 43.5 Å². The number of benzene rings is 1. The highest BCUT2D eigenvalue weighted by Crippen LogP contribution is 2.24. The second kappa shape index (κ2) is 6.22. The van der Waals surface area contributed by atoms with E-state index in [2.05, 4.69) is 0 Å². The van der Waals surface area contributed by atoms with Gasteiger partial charge in [0, 0.05) is 12.6 Å². The average Bonchev–Trinajstić information content (AvgIpc) is 2.35. The van der Waals surface area contributed by atoms with Gasteiger partial charge in [0.15, 0.2) is 4.90 Å². The lowest BCUT2D eigenvalue weighted by molar-refractivity contribution is -0.388. The summed E-state index contributed by atoms with van der Waals surface area (Å²) in [5.41, 5.74) is 4.58. The normalized spacial score (nSPS) is 14.8. The Balaban J connectivity index is 3.07. The molecule has 0 radical (unpaired) electrons. The molecule has 0 amide bonds. The first-order chi connectivity index (χ1) is 9.15. The fourth-order valence-electron chi connectivity index (χ4n) is 1.31. The van der Waals surface area contributed by atoms with Crippen molar-refractivity contribution in [2.24, 2.45) is 5.73 Å². The number of hydrogen-bond acceptors (Lipinski definition) is 6. The van der Waals surface area contributed by atoms with Crippen molar-refractivity contribution in [2.75, 3.05) is 6.54 Å². The lowest BCUT2D eigenvalue weighted by Crippen LogP contribution is -2.43. The summed E-state index contributed by atoms with van der Waals surface area (Å²) < 4.78 is 38.8. The van der Waals surface area contributed by atoms with Crippen molar-refractivity contribution in [3.63, 3.8) is 0 Å². The number of halogens is 1. The van der Waals surface area contributed by atoms with E-state index in [-0.39, 0.29) is 6.54 Å². The van der Waals surface area contributed by atoms with Gasteiger partial charge in [-0.15, -0.1) is 0 Å². The monoisotopic (exact) mass is 307 g/mol. The Morgan fingerprint density at radius 1 is 1.55 bits per heavy atom. The number of nitrogens with one attached hydrogen (secondary N) is 1. The van der Waals surface area contributed by atoms with Crippen LogP contribution < -0.4 is 10.5 Å². The number of aliphatic hydroxyl groups is 1. The predicted octanol–water partition coefficient (Wildman–Crippen LogP) is -0.280. The lowest BCUT2D eigenvalue weighted by Gasteiger charge is -2.15. The Hall–Kier alpha value is -1.62. The van der Waals surface area contributed by atoms with E-state index in [1.54, 1.807) is 0 Å². The van der Waals surface area contributed by atoms with Crippen LogP contribution in [0.2, 0.25) is 0 Å². The molecule has 1 aromatic carbocycles. The summed E-state index contributed by atoms with van der Waals surface area (Å²) in [4.78, 5) is 9.09. The van der Waals surface area contributed by atoms with Gasteiger partial charge in [-0.1, -0.05) is 0 Å². The zero-order valence-corrected chi connectivity index (χ0v) is 11.3. The summed E-state index contributed by atoms with van der Waals surface area (Å²) in [7, 11) is -4.23. The molecule has 1 rings (SSSR count). The third-order valence-electron chi connectivity index (χ3n) is 2.54. The highest BCUT2D eigenvalue weighted by atomic mass is 32.2. The number of nitrogens with two attached hydrogens (primary N) is 1. The fraction of sp³-hybridized carbons (Fsp3) is 0.400. The average molecular weight is 307 g/mol. The summed E-state index contributed by atoms with van der Waals surface area (Å²) in [5, 5.41) is 19.9. The summed E-state index contributed by atoms with van der Waals surface area (Å²) >= 11 is 0. The third-order valence-corrected chi connectivity index (χ3v) is 4.01. The molecule has 10 heteroatoms. The van der Waals surface area contributed by atoms with E-state index in [0.717, 1.165) is 12.1 Å². The number of nitrogens with zero attached hydrogens (tertiary/aromatic N) is 1. The molecule has 0 saturated carbocycles. The molecule has 2 atom stereocenters. The van der Waals surface area contributed by atoms with Crippen molar-refractivity contribution < 1.29 is 22.8 Å². The molecule has 0 aliphatic rings. The summed E-state index contributed by atoms with van der Waals surface area (Å²) in [5.74, 6) is -0.920. The van der Waals surface area contributed by atoms with Crippen LogP contribution in [0.3, 0.4) is 0 Å². The van der Waals surface area contributed by atoms with Gasteiger partial charge in [-0.2, -0.15) is 0 Å². The van der Waals surface area contributed by atoms with Crippen molar-refractivity contribution in [1.29, 1.82) is 0 Å². The van der Waals surface area contributed by atoms with Crippen LogP contribution in [0.5, 0.6) is 0 Å². The molecular weight excluding hydrogens is 293 g/mol. The fourth-order valence-corrected chi connectivity index (χ4v) is 2.54. The van der Waals surface area contributed by atoms with Crippen molar-refractivity contribution >= 4 is 15.7 Å². The third kappa shape index (κ3) is 3.93. The maximum atomic E-state index is 12.9. The minimum Gasteiger partial charge on any atom is -0.392 e. The van der Waals surface area contributed by atoms with E-state index >= 15 is 0 Å². The van der Waals surface area contributed by atoms with Crippen molar-refractivity contribution in [1.82, 2.24) is 4.72 Å². The molecule has 8 nitrogen and oxygen atoms in total. The van der Waals surface area contributed by atoms with Crippen molar-refractivity contribution in [2.45, 2.75) is 24.0 Å². The molecule has 0 spiro atoms. The van der Waals surface area contributed by atoms with E-state index in [4.69, 9.17) is 10.8 Å². The Kier molecular flexibility index (Phi) is 5.11. The number of nitro groups is 1. The van der Waals surface area contributed by atoms with Gasteiger partial charge in [0.05, 0.1) is 17.1 Å². The molecule has 2 unspecified atom stereocenters. The van der Waals surface area contributed by atoms with Crippen LogP contribution in [0.15, 0.2) is 23.1 Å². The van der Waals surface area contributed by atoms with Crippen LogP contribution in [-0.4, -0.2) is 37.1 Å². The molecule has 0 fully saturated rings. The van der Waals surface area contributed by atoms with Crippen LogP contribution in [0.1, 0.15) is 6.92 Å². The summed E-state index contributed by atoms with van der Waals surface area (Å²) in [6.45, 7) is 1.06. The maximum absolute atomic E-state index is 12.9. The first-order valence-corrected chi connectivity index (χ1v) is 7.00. The van der Waals surface area contributed by atoms with E-state index in [1.807, 2.05) is 4.72 Å². The Morgan fingerprint density at radius 3 is 2.65 bits per heavy atom. The van der Waals surface area contributed by atoms with Crippen LogP contribution in [0, 0.1) is 15.9 Å². The molecule has 20 heavy (non-hydrogen) atoms. The molecule has 0 saturated heterocycles. The smallest absolute Gasteiger partial charge is 0.292 e. The quantitative estimate of drug-likeness (QED) is 0.488. The van der Waals surface area contributed by atoms with Gasteiger partial charge in [0.1, 0.15) is 5.82 Å². The number of sulfonamides is 1. The molecule has 0 aromatic heterocycles. The van der Waals surface area contributed by atoms with Crippen LogP contribution in [0.25, 0.3) is 0 Å². The first kappa shape index (κ1) is 16.4. The van der Waals surface area contributed by atoms with Gasteiger partial charge < -0.3 is 10.8 Å². The molecule has 0 heterocycles. The Morgan fingerprint density at radius 2 is 2.15 bits per heavy atom. The molecule has 1 aromatic rings. The second-order valence-corrected chi connectivity index (χ2v) is 5.86. The lowest BCUT2D eigenvalue weighted by atomic mass is 10.2. The number of aliphatic hydroxyl groups excluding tert-OH is 1. The zero-order valence-electron chi connectivity index (χ0n) is 10.5. The minimum absolute atomic E-state index is 0.311. The number of rotatable bonds is 6. The molecule has 0 aliphatic carbocycles. The molecule has 112 valence electrons. The Labute approximate surface area is 114 Å². The van der Waals surface area contributed by atoms with Crippen molar-refractivity contribution in [3.05, 3.63) is 34.1 Å². The highest BCUT2D eigenvalue weighted by Gasteiger charge is 2.27. The Bertz CT molecular complexity index is 605. The number of hydrogen-bond donors (Lipinski definition) is 3. The predicted molar refractivity (Wildman–Crippen MR) is 67.9 cm³/mol. The van der Waals surface area contributed by atoms with Gasteiger partial charge in [-0.3, -0.25) is 10.1 Å². The van der Waals surface area contributed by atoms with Gasteiger partial charge >= 0.3 is 0 Å². The van der Waals surface area contributed by atoms with Gasteiger partial charge in [0.25, 0.3) is 5.69 Å². The molecule has 4 N–H and O–H groups in total. The van der Waals surface area contributed by atoms with Gasteiger partial charge in [-0.05, 0) is 19.1 Å². The maximum Gasteiger partial charge on any atom is 0.292 e. The second-order valence-electron chi connectivity index (χ2n) is 4.13. The summed E-state index contributed by atoms with van der Waals surface area (Å²) in [6, 6.07) is 1.24. The van der Waals surface area contributed by atoms with Crippen LogP contribution in [-0.2, 0) is 10.0 Å². The largest absolute Gasteiger partial charge is 0.392 e. The topological polar surface area (TPSA) is 136 Å². The molecule has 0 aliphatic heterocycles. The van der Waals surface area contributed by atoms with Crippen LogP contribution >= 0.6 is 0 Å². The SMILES string of the molecule is CC(O)C(N)CNS(=O)(=O)c1ccc(F)cc1[N+](=O)[O-]. The summed E-state index contributed by atoms with van der Waals surface area (Å²) in [6.07, 6.45) is -0.957. The standard InChI is InChI=1S/C10H14FN3O5S/c1-6(15)8(12)5-13-20(18,19)10-3-2-7(11)4-9(10)14(16)17/h2-4,6,8,13,15H,5,12H2,1H3. The van der Waals surface area contributed by atoms with Gasteiger partial charge in [0.2, 0.25) is 10.0 Å². The minimum atomic E-state index is -4.23. The van der Waals surface area contributed by atoms with E-state index in [9.17, 15) is 22.9 Å².